The maximum atomic E-state index is 15.4. The van der Waals surface area contributed by atoms with Gasteiger partial charge in [-0.05, 0) is 87.8 Å². The largest absolute Gasteiger partial charge is 0.306 e. The Bertz CT molecular complexity index is 1790. The maximum absolute atomic E-state index is 15.4. The summed E-state index contributed by atoms with van der Waals surface area (Å²) in [4.78, 5) is 42.0. The first-order valence-electron chi connectivity index (χ1n) is 24.2. The van der Waals surface area contributed by atoms with Crippen molar-refractivity contribution in [2.24, 2.45) is 11.8 Å². The minimum Gasteiger partial charge on any atom is -0.306 e. The standard InChI is InChI=1S/C52H78N2O2S3/c1-7-11-15-19-21-25-29-41(27-23-17-13-9-3)37-53-49(45-34-32-40(6)58-45)47-48(52(53)56)50(46-36-35-44(59-46)43-33-31-39(5)57-43)54(51(47)55)38-42(28-24-18-14-10-4)30-26-22-20-16-12-8-2/h31-36,41-42H,7-30,37-38H2,1-6H3. The Morgan fingerprint density at radius 3 is 1.10 bits per heavy atom. The van der Waals surface area contributed by atoms with Gasteiger partial charge in [-0.3, -0.25) is 9.59 Å². The van der Waals surface area contributed by atoms with Gasteiger partial charge in [0.15, 0.2) is 0 Å². The van der Waals surface area contributed by atoms with E-state index in [9.17, 15) is 0 Å². The Morgan fingerprint density at radius 1 is 0.407 bits per heavy atom. The van der Waals surface area contributed by atoms with Crippen LogP contribution in [-0.4, -0.2) is 34.7 Å². The average molecular weight is 859 g/mol. The Kier molecular flexibility index (Phi) is 20.5. The number of carbonyl (C=O) groups excluding carboxylic acids is 2. The molecule has 59 heavy (non-hydrogen) atoms. The fourth-order valence-electron chi connectivity index (χ4n) is 9.30. The van der Waals surface area contributed by atoms with Crippen LogP contribution in [0.3, 0.4) is 0 Å². The molecule has 3 aromatic rings. The lowest BCUT2D eigenvalue weighted by Gasteiger charge is -2.29. The van der Waals surface area contributed by atoms with Crippen molar-refractivity contribution >= 4 is 57.2 Å². The number of rotatable bonds is 31. The Balaban J connectivity index is 1.53. The maximum Gasteiger partial charge on any atom is 0.261 e. The summed E-state index contributed by atoms with van der Waals surface area (Å²) in [6.07, 6.45) is 29.8. The lowest BCUT2D eigenvalue weighted by Crippen LogP contribution is -2.34. The van der Waals surface area contributed by atoms with Gasteiger partial charge in [-0.25, -0.2) is 0 Å². The second kappa shape index (κ2) is 25.5. The van der Waals surface area contributed by atoms with Crippen LogP contribution in [0.1, 0.15) is 201 Å². The minimum atomic E-state index is 0.0470. The molecule has 0 fully saturated rings. The van der Waals surface area contributed by atoms with Crippen molar-refractivity contribution in [2.45, 2.75) is 196 Å². The van der Waals surface area contributed by atoms with E-state index in [1.165, 1.54) is 148 Å². The Labute approximate surface area is 372 Å². The summed E-state index contributed by atoms with van der Waals surface area (Å²) < 4.78 is 0. The third kappa shape index (κ3) is 13.5. The quantitative estimate of drug-likeness (QED) is 0.0605. The van der Waals surface area contributed by atoms with Crippen molar-refractivity contribution in [3.63, 3.8) is 0 Å². The van der Waals surface area contributed by atoms with Gasteiger partial charge < -0.3 is 9.80 Å². The predicted octanol–water partition coefficient (Wildman–Crippen LogP) is 16.6. The molecule has 0 N–H and O–H groups in total. The Morgan fingerprint density at radius 2 is 0.712 bits per heavy atom. The van der Waals surface area contributed by atoms with Gasteiger partial charge >= 0.3 is 0 Å². The van der Waals surface area contributed by atoms with Crippen LogP contribution in [0.15, 0.2) is 47.5 Å². The first kappa shape index (κ1) is 47.6. The average Bonchev–Trinajstić information content (AvgIpc) is 4.07. The van der Waals surface area contributed by atoms with Gasteiger partial charge in [0.1, 0.15) is 0 Å². The normalized spacial score (nSPS) is 15.4. The van der Waals surface area contributed by atoms with E-state index >= 15 is 9.59 Å². The number of thiophene rings is 3. The summed E-state index contributed by atoms with van der Waals surface area (Å²) >= 11 is 5.30. The van der Waals surface area contributed by atoms with E-state index in [2.05, 4.69) is 87.7 Å². The third-order valence-electron chi connectivity index (χ3n) is 12.7. The van der Waals surface area contributed by atoms with E-state index in [4.69, 9.17) is 0 Å². The zero-order chi connectivity index (χ0) is 42.0. The van der Waals surface area contributed by atoms with Crippen LogP contribution in [0.4, 0.5) is 0 Å². The molecule has 2 unspecified atom stereocenters. The molecule has 4 nitrogen and oxygen atoms in total. The van der Waals surface area contributed by atoms with Gasteiger partial charge in [0.25, 0.3) is 11.8 Å². The first-order chi connectivity index (χ1) is 28.8. The van der Waals surface area contributed by atoms with E-state index in [1.807, 2.05) is 11.3 Å². The fraction of sp³-hybridized carbons (Fsp3) is 0.654. The summed E-state index contributed by atoms with van der Waals surface area (Å²) in [7, 11) is 0. The van der Waals surface area contributed by atoms with Gasteiger partial charge in [0.2, 0.25) is 0 Å². The summed E-state index contributed by atoms with van der Waals surface area (Å²) in [5.74, 6) is 0.935. The summed E-state index contributed by atoms with van der Waals surface area (Å²) in [6, 6.07) is 13.2. The molecule has 5 heterocycles. The second-order valence-corrected chi connectivity index (χ2v) is 21.5. The van der Waals surface area contributed by atoms with E-state index in [0.29, 0.717) is 36.1 Å². The summed E-state index contributed by atoms with van der Waals surface area (Å²) in [6.45, 7) is 14.8. The molecule has 0 saturated carbocycles. The highest BCUT2D eigenvalue weighted by molar-refractivity contribution is 7.22. The smallest absolute Gasteiger partial charge is 0.261 e. The minimum absolute atomic E-state index is 0.0470. The van der Waals surface area contributed by atoms with E-state index in [-0.39, 0.29) is 11.8 Å². The highest BCUT2D eigenvalue weighted by Crippen LogP contribution is 2.50. The van der Waals surface area contributed by atoms with Gasteiger partial charge in [-0.1, -0.05) is 156 Å². The van der Waals surface area contributed by atoms with Crippen molar-refractivity contribution in [1.82, 2.24) is 9.80 Å². The van der Waals surface area contributed by atoms with Crippen LogP contribution in [0.2, 0.25) is 0 Å². The number of hydrogen-bond donors (Lipinski definition) is 0. The molecule has 3 aromatic heterocycles. The molecule has 5 rings (SSSR count). The molecule has 0 radical (unpaired) electrons. The molecule has 0 spiro atoms. The third-order valence-corrected chi connectivity index (χ3v) is 16.0. The lowest BCUT2D eigenvalue weighted by molar-refractivity contribution is -0.124. The molecular formula is C52H78N2O2S3. The molecule has 2 atom stereocenters. The van der Waals surface area contributed by atoms with Crippen LogP contribution >= 0.6 is 34.0 Å². The van der Waals surface area contributed by atoms with Crippen LogP contribution < -0.4 is 0 Å². The topological polar surface area (TPSA) is 40.6 Å². The second-order valence-electron chi connectivity index (χ2n) is 17.8. The number of aryl methyl sites for hydroxylation is 2. The van der Waals surface area contributed by atoms with Crippen molar-refractivity contribution in [3.8, 4) is 9.75 Å². The lowest BCUT2D eigenvalue weighted by atomic mass is 9.93. The molecule has 2 amide bonds. The van der Waals surface area contributed by atoms with Crippen molar-refractivity contribution in [3.05, 3.63) is 67.1 Å². The zero-order valence-electron chi connectivity index (χ0n) is 37.9. The van der Waals surface area contributed by atoms with Crippen LogP contribution in [0, 0.1) is 25.7 Å². The van der Waals surface area contributed by atoms with Gasteiger partial charge in [-0.15, -0.1) is 34.0 Å². The molecule has 0 bridgehead atoms. The highest BCUT2D eigenvalue weighted by Gasteiger charge is 2.50. The van der Waals surface area contributed by atoms with Crippen LogP contribution in [0.5, 0.6) is 0 Å². The van der Waals surface area contributed by atoms with Gasteiger partial charge in [-0.2, -0.15) is 0 Å². The predicted molar refractivity (Wildman–Crippen MR) is 259 cm³/mol. The van der Waals surface area contributed by atoms with Crippen molar-refractivity contribution < 1.29 is 9.59 Å². The Hall–Kier alpha value is -2.48. The van der Waals surface area contributed by atoms with Crippen molar-refractivity contribution in [1.29, 1.82) is 0 Å². The highest BCUT2D eigenvalue weighted by atomic mass is 32.1. The zero-order valence-corrected chi connectivity index (χ0v) is 40.4. The van der Waals surface area contributed by atoms with E-state index < -0.39 is 0 Å². The molecule has 326 valence electrons. The molecule has 2 aliphatic heterocycles. The molecule has 7 heteroatoms. The SMILES string of the molecule is CCCCCCCCC(CCCCCC)CN1C(=O)C2=C(c3ccc(-c4ccc(C)s4)s3)N(CC(CCCCCC)CCCCCCCC)C(=O)C2=C1c1ccc(C)s1. The fourth-order valence-corrected chi connectivity index (χ4v) is 12.3. The van der Waals surface area contributed by atoms with Crippen LogP contribution in [0.25, 0.3) is 21.1 Å². The molecule has 0 saturated heterocycles. The summed E-state index contributed by atoms with van der Waals surface area (Å²) in [5.41, 5.74) is 3.10. The van der Waals surface area contributed by atoms with Gasteiger partial charge in [0.05, 0.1) is 32.3 Å². The molecule has 0 aliphatic carbocycles. The van der Waals surface area contributed by atoms with E-state index in [1.54, 1.807) is 22.7 Å². The number of nitrogens with zero attached hydrogens (tertiary/aromatic N) is 2. The molecule has 2 aliphatic rings. The van der Waals surface area contributed by atoms with Crippen molar-refractivity contribution in [2.75, 3.05) is 13.1 Å². The molecular weight excluding hydrogens is 781 g/mol. The number of hydrogen-bond acceptors (Lipinski definition) is 5. The first-order valence-corrected chi connectivity index (χ1v) is 26.6. The molecule has 0 aromatic carbocycles. The number of carbonyl (C=O) groups is 2. The number of unbranched alkanes of at least 4 members (excludes halogenated alkanes) is 16. The summed E-state index contributed by atoms with van der Waals surface area (Å²) in [5, 5.41) is 0. The van der Waals surface area contributed by atoms with Gasteiger partial charge in [0, 0.05) is 32.6 Å². The number of amides is 2. The van der Waals surface area contributed by atoms with Crippen LogP contribution in [-0.2, 0) is 9.59 Å². The number of fused-ring (bicyclic) bond motifs is 1. The van der Waals surface area contributed by atoms with E-state index in [0.717, 1.165) is 46.8 Å². The monoisotopic (exact) mass is 859 g/mol.